The Morgan fingerprint density at radius 3 is 1.60 bits per heavy atom. The summed E-state index contributed by atoms with van der Waals surface area (Å²) in [6.45, 7) is 3.50. The maximum atomic E-state index is 7.51. The summed E-state index contributed by atoms with van der Waals surface area (Å²) >= 11 is 1.59. The Kier molecular flexibility index (Phi) is 6.75. The third-order valence-electron chi connectivity index (χ3n) is 1.18. The van der Waals surface area contributed by atoms with E-state index in [1.165, 1.54) is 0 Å². The molecule has 0 saturated heterocycles. The minimum atomic E-state index is 0.469. The van der Waals surface area contributed by atoms with Crippen LogP contribution in [0.4, 0.5) is 0 Å². The summed E-state index contributed by atoms with van der Waals surface area (Å²) < 4.78 is 0. The molecular formula is C10H18CuN4. The third kappa shape index (κ3) is 9.25. The van der Waals surface area contributed by atoms with Crippen molar-refractivity contribution < 1.29 is 15.0 Å². The van der Waals surface area contributed by atoms with E-state index in [-0.39, 0.29) is 0 Å². The van der Waals surface area contributed by atoms with Crippen LogP contribution in [0.5, 0.6) is 0 Å². The van der Waals surface area contributed by atoms with Crippen molar-refractivity contribution in [1.82, 2.24) is 0 Å². The van der Waals surface area contributed by atoms with Crippen LogP contribution in [0.3, 0.4) is 0 Å². The van der Waals surface area contributed by atoms with Crippen molar-refractivity contribution in [3.05, 3.63) is 23.5 Å². The number of nitrogens with one attached hydrogen (secondary N) is 2. The third-order valence-corrected chi connectivity index (χ3v) is 2.37. The molecule has 0 bridgehead atoms. The molecule has 0 aliphatic heterocycles. The van der Waals surface area contributed by atoms with E-state index in [1.807, 2.05) is 0 Å². The van der Waals surface area contributed by atoms with Gasteiger partial charge in [-0.15, -0.1) is 0 Å². The molecule has 0 aliphatic carbocycles. The molecule has 0 aromatic carbocycles. The van der Waals surface area contributed by atoms with Crippen LogP contribution < -0.4 is 11.5 Å². The van der Waals surface area contributed by atoms with Gasteiger partial charge < -0.3 is 0 Å². The first-order valence-electron chi connectivity index (χ1n) is 4.37. The fourth-order valence-corrected chi connectivity index (χ4v) is 1.63. The Hall–Kier alpha value is -1.06. The average molecular weight is 258 g/mol. The monoisotopic (exact) mass is 257 g/mol. The first kappa shape index (κ1) is 13.9. The maximum absolute atomic E-state index is 7.51. The molecule has 15 heavy (non-hydrogen) atoms. The molecule has 0 unspecified atom stereocenters. The molecule has 89 valence electrons. The molecule has 5 heteroatoms. The van der Waals surface area contributed by atoms with Crippen LogP contribution in [0, 0.1) is 10.8 Å². The number of nitrogens with two attached hydrogens (primary N) is 2. The Morgan fingerprint density at radius 1 is 1.00 bits per heavy atom. The molecule has 0 fully saturated rings. The summed E-state index contributed by atoms with van der Waals surface area (Å²) in [6, 6.07) is 0. The Morgan fingerprint density at radius 2 is 1.33 bits per heavy atom. The van der Waals surface area contributed by atoms with E-state index >= 15 is 0 Å². The summed E-state index contributed by atoms with van der Waals surface area (Å²) in [5.41, 5.74) is 13.1. The van der Waals surface area contributed by atoms with Gasteiger partial charge in [0.05, 0.1) is 0 Å². The predicted molar refractivity (Wildman–Crippen MR) is 61.0 cm³/mol. The normalized spacial score (nSPS) is 12.9. The Labute approximate surface area is 97.0 Å². The molecule has 0 aromatic rings. The van der Waals surface area contributed by atoms with Gasteiger partial charge in [0.25, 0.3) is 0 Å². The number of hydrogen-bond acceptors (Lipinski definition) is 4. The van der Waals surface area contributed by atoms with Crippen molar-refractivity contribution in [2.45, 2.75) is 24.5 Å². The van der Waals surface area contributed by atoms with Crippen LogP contribution in [0.1, 0.15) is 13.8 Å². The molecule has 0 aromatic heterocycles. The first-order valence-corrected chi connectivity index (χ1v) is 5.70. The van der Waals surface area contributed by atoms with Crippen molar-refractivity contribution >= 4 is 11.4 Å². The van der Waals surface area contributed by atoms with Crippen LogP contribution in [0.25, 0.3) is 0 Å². The number of rotatable bonds is 6. The molecule has 0 amide bonds. The molecule has 0 radical (unpaired) electrons. The van der Waals surface area contributed by atoms with E-state index in [9.17, 15) is 0 Å². The molecule has 0 aliphatic rings. The van der Waals surface area contributed by atoms with Gasteiger partial charge in [0.2, 0.25) is 0 Å². The van der Waals surface area contributed by atoms with Crippen LogP contribution >= 0.6 is 0 Å². The van der Waals surface area contributed by atoms with E-state index in [0.717, 1.165) is 0 Å². The number of hydrogen-bond donors (Lipinski definition) is 4. The molecule has 0 spiro atoms. The Bertz CT molecular complexity index is 267. The topological polar surface area (TPSA) is 99.7 Å². The summed E-state index contributed by atoms with van der Waals surface area (Å²) in [5, 5.41) is 16.1. The standard InChI is InChI=1S/2C5H9N2.Cu/c2*1-4(6)3-5(2)7;/h2*3,6H,1,7H2,2H3;. The molecule has 0 heterocycles. The Balaban J connectivity index is 3.81. The zero-order chi connectivity index (χ0) is 11.8. The van der Waals surface area contributed by atoms with E-state index in [4.69, 9.17) is 22.3 Å². The summed E-state index contributed by atoms with van der Waals surface area (Å²) in [4.78, 5) is 0. The SMILES string of the molecule is CC(N)=CC(=N)[CH2][Cu][CH2]C(=N)C=C(C)N. The molecule has 0 saturated carbocycles. The van der Waals surface area contributed by atoms with Gasteiger partial charge in [-0.25, -0.2) is 0 Å². The van der Waals surface area contributed by atoms with Crippen molar-refractivity contribution in [2.75, 3.05) is 0 Å². The zero-order valence-corrected chi connectivity index (χ0v) is 9.97. The first-order chi connectivity index (χ1) is 6.91. The van der Waals surface area contributed by atoms with Crippen LogP contribution in [0.15, 0.2) is 23.5 Å². The van der Waals surface area contributed by atoms with Crippen molar-refractivity contribution in [1.29, 1.82) is 10.8 Å². The zero-order valence-electron chi connectivity index (χ0n) is 9.03. The second-order valence-corrected chi connectivity index (χ2v) is 4.33. The summed E-state index contributed by atoms with van der Waals surface area (Å²) in [5.74, 6) is 0. The van der Waals surface area contributed by atoms with E-state index in [2.05, 4.69) is 0 Å². The van der Waals surface area contributed by atoms with Crippen molar-refractivity contribution in [3.8, 4) is 0 Å². The van der Waals surface area contributed by atoms with Crippen LogP contribution in [0.2, 0.25) is 10.6 Å². The number of allylic oxidation sites excluding steroid dienone is 4. The van der Waals surface area contributed by atoms with Gasteiger partial charge in [-0.2, -0.15) is 0 Å². The van der Waals surface area contributed by atoms with Crippen LogP contribution in [-0.4, -0.2) is 11.4 Å². The average Bonchev–Trinajstić information content (AvgIpc) is 2.00. The summed E-state index contributed by atoms with van der Waals surface area (Å²) in [7, 11) is 0. The van der Waals surface area contributed by atoms with Gasteiger partial charge in [-0.3, -0.25) is 0 Å². The predicted octanol–water partition coefficient (Wildman–Crippen LogP) is 1.67. The van der Waals surface area contributed by atoms with E-state index < -0.39 is 0 Å². The van der Waals surface area contributed by atoms with E-state index in [0.29, 0.717) is 33.5 Å². The van der Waals surface area contributed by atoms with Crippen LogP contribution in [-0.2, 0) is 15.0 Å². The quantitative estimate of drug-likeness (QED) is 0.430. The van der Waals surface area contributed by atoms with Crippen molar-refractivity contribution in [3.63, 3.8) is 0 Å². The molecule has 0 atom stereocenters. The van der Waals surface area contributed by atoms with Gasteiger partial charge in [0, 0.05) is 0 Å². The fourth-order valence-electron chi connectivity index (χ4n) is 0.811. The van der Waals surface area contributed by atoms with Gasteiger partial charge in [0.15, 0.2) is 0 Å². The molecule has 6 N–H and O–H groups in total. The second kappa shape index (κ2) is 7.26. The van der Waals surface area contributed by atoms with Gasteiger partial charge in [0.1, 0.15) is 0 Å². The van der Waals surface area contributed by atoms with E-state index in [1.54, 1.807) is 41.0 Å². The second-order valence-electron chi connectivity index (χ2n) is 3.19. The van der Waals surface area contributed by atoms with Gasteiger partial charge in [-0.1, -0.05) is 0 Å². The minimum absolute atomic E-state index is 0.469. The fraction of sp³-hybridized carbons (Fsp3) is 0.400. The molecule has 4 nitrogen and oxygen atoms in total. The summed E-state index contributed by atoms with van der Waals surface area (Å²) in [6.07, 6.45) is 3.25. The molecular weight excluding hydrogens is 240 g/mol. The van der Waals surface area contributed by atoms with Crippen molar-refractivity contribution in [2.24, 2.45) is 11.5 Å². The van der Waals surface area contributed by atoms with Gasteiger partial charge in [-0.05, 0) is 0 Å². The van der Waals surface area contributed by atoms with Gasteiger partial charge >= 0.3 is 96.7 Å². The molecule has 0 rings (SSSR count).